The monoisotopic (exact) mass is 365 g/mol. The van der Waals surface area contributed by atoms with E-state index in [1.165, 1.54) is 5.56 Å². The molecule has 3 heterocycles. The fraction of sp³-hybridized carbons (Fsp3) is 0.500. The molecule has 5 heteroatoms. The Morgan fingerprint density at radius 1 is 1.26 bits per heavy atom. The molecule has 1 amide bonds. The molecule has 5 nitrogen and oxygen atoms in total. The molecule has 0 unspecified atom stereocenters. The maximum atomic E-state index is 12.9. The van der Waals surface area contributed by atoms with Gasteiger partial charge in [-0.2, -0.15) is 0 Å². The zero-order chi connectivity index (χ0) is 18.8. The van der Waals surface area contributed by atoms with Crippen LogP contribution in [0.3, 0.4) is 0 Å². The lowest BCUT2D eigenvalue weighted by Crippen LogP contribution is -2.42. The minimum absolute atomic E-state index is 0.0344. The van der Waals surface area contributed by atoms with Crippen molar-refractivity contribution in [3.63, 3.8) is 0 Å². The number of nitrogens with zero attached hydrogens (tertiary/aromatic N) is 3. The Kier molecular flexibility index (Phi) is 5.21. The minimum Gasteiger partial charge on any atom is -0.381 e. The first-order chi connectivity index (χ1) is 13.1. The second kappa shape index (κ2) is 7.77. The van der Waals surface area contributed by atoms with E-state index < -0.39 is 0 Å². The van der Waals surface area contributed by atoms with E-state index in [-0.39, 0.29) is 17.7 Å². The summed E-state index contributed by atoms with van der Waals surface area (Å²) in [6, 6.07) is 8.47. The van der Waals surface area contributed by atoms with Crippen LogP contribution in [0, 0.1) is 19.8 Å². The number of carbonyl (C=O) groups is 1. The summed E-state index contributed by atoms with van der Waals surface area (Å²) in [5.74, 6) is 1.32. The minimum atomic E-state index is 0.0344. The largest absolute Gasteiger partial charge is 0.381 e. The van der Waals surface area contributed by atoms with Crippen LogP contribution in [0.5, 0.6) is 0 Å². The summed E-state index contributed by atoms with van der Waals surface area (Å²) in [6.07, 6.45) is 4.86. The number of rotatable bonds is 3. The molecular formula is C22H27N3O2. The van der Waals surface area contributed by atoms with Gasteiger partial charge < -0.3 is 9.64 Å². The number of benzene rings is 1. The summed E-state index contributed by atoms with van der Waals surface area (Å²) in [5, 5.41) is 0. The molecule has 0 aliphatic carbocycles. The molecule has 2 aliphatic rings. The van der Waals surface area contributed by atoms with Gasteiger partial charge in [-0.05, 0) is 38.7 Å². The summed E-state index contributed by atoms with van der Waals surface area (Å²) in [5.41, 5.74) is 4.54. The number of hydrogen-bond donors (Lipinski definition) is 0. The topological polar surface area (TPSA) is 55.3 Å². The summed E-state index contributed by atoms with van der Waals surface area (Å²) in [6.45, 7) is 6.89. The number of piperidine rings is 1. The molecule has 27 heavy (non-hydrogen) atoms. The molecule has 2 aromatic rings. The van der Waals surface area contributed by atoms with Crippen LogP contribution in [0.2, 0.25) is 0 Å². The van der Waals surface area contributed by atoms with Crippen molar-refractivity contribution in [2.24, 2.45) is 5.92 Å². The van der Waals surface area contributed by atoms with E-state index in [4.69, 9.17) is 9.72 Å². The third-order valence-corrected chi connectivity index (χ3v) is 5.67. The highest BCUT2D eigenvalue weighted by atomic mass is 16.5. The van der Waals surface area contributed by atoms with Crippen molar-refractivity contribution < 1.29 is 9.53 Å². The fourth-order valence-electron chi connectivity index (χ4n) is 4.22. The lowest BCUT2D eigenvalue weighted by molar-refractivity contribution is -0.136. The van der Waals surface area contributed by atoms with Crippen LogP contribution in [0.4, 0.5) is 0 Å². The normalized spacial score (nSPS) is 22.8. The Labute approximate surface area is 160 Å². The smallest absolute Gasteiger partial charge is 0.228 e. The molecule has 2 saturated heterocycles. The Bertz CT molecular complexity index is 830. The first kappa shape index (κ1) is 18.1. The highest BCUT2D eigenvalue weighted by Crippen LogP contribution is 2.34. The molecule has 4 rings (SSSR count). The predicted octanol–water partition coefficient (Wildman–Crippen LogP) is 3.50. The third-order valence-electron chi connectivity index (χ3n) is 5.67. The zero-order valence-corrected chi connectivity index (χ0v) is 16.1. The van der Waals surface area contributed by atoms with Crippen molar-refractivity contribution in [1.29, 1.82) is 0 Å². The number of likely N-dealkylation sites (tertiary alicyclic amines) is 1. The van der Waals surface area contributed by atoms with Crippen LogP contribution in [0.25, 0.3) is 11.1 Å². The van der Waals surface area contributed by atoms with Gasteiger partial charge in [-0.3, -0.25) is 4.79 Å². The molecule has 142 valence electrons. The van der Waals surface area contributed by atoms with Crippen LogP contribution >= 0.6 is 0 Å². The van der Waals surface area contributed by atoms with Gasteiger partial charge in [-0.25, -0.2) is 9.97 Å². The average Bonchev–Trinajstić information content (AvgIpc) is 3.22. The van der Waals surface area contributed by atoms with Crippen LogP contribution in [0.15, 0.2) is 30.5 Å². The molecule has 0 bridgehead atoms. The van der Waals surface area contributed by atoms with Gasteiger partial charge in [0.2, 0.25) is 5.91 Å². The van der Waals surface area contributed by atoms with E-state index in [0.717, 1.165) is 55.0 Å². The lowest BCUT2D eigenvalue weighted by atomic mass is 9.89. The number of aromatic nitrogens is 2. The van der Waals surface area contributed by atoms with Gasteiger partial charge in [0, 0.05) is 37.4 Å². The van der Waals surface area contributed by atoms with Gasteiger partial charge in [-0.15, -0.1) is 0 Å². The van der Waals surface area contributed by atoms with Crippen LogP contribution in [-0.2, 0) is 9.53 Å². The van der Waals surface area contributed by atoms with E-state index in [0.29, 0.717) is 13.2 Å². The summed E-state index contributed by atoms with van der Waals surface area (Å²) in [4.78, 5) is 24.2. The van der Waals surface area contributed by atoms with Crippen LogP contribution in [0.1, 0.15) is 42.3 Å². The molecule has 0 N–H and O–H groups in total. The lowest BCUT2D eigenvalue weighted by Gasteiger charge is -2.34. The Morgan fingerprint density at radius 2 is 2.15 bits per heavy atom. The summed E-state index contributed by atoms with van der Waals surface area (Å²) in [7, 11) is 0. The van der Waals surface area contributed by atoms with Crippen LogP contribution < -0.4 is 0 Å². The van der Waals surface area contributed by atoms with Gasteiger partial charge in [0.1, 0.15) is 5.82 Å². The molecule has 2 atom stereocenters. The maximum Gasteiger partial charge on any atom is 0.228 e. The first-order valence-electron chi connectivity index (χ1n) is 9.89. The van der Waals surface area contributed by atoms with E-state index in [1.807, 2.05) is 18.0 Å². The van der Waals surface area contributed by atoms with Gasteiger partial charge in [0.05, 0.1) is 18.2 Å². The standard InChI is InChI=1S/C22H27N3O2/c1-15-5-3-6-17(11-15)20-12-23-16(2)24-21(20)18-7-4-9-25(13-18)22(26)19-8-10-27-14-19/h3,5-6,11-12,18-19H,4,7-10,13-14H2,1-2H3/t18-,19-/m0/s1. The molecule has 0 saturated carbocycles. The van der Waals surface area contributed by atoms with E-state index in [1.54, 1.807) is 0 Å². The first-order valence-corrected chi connectivity index (χ1v) is 9.89. The van der Waals surface area contributed by atoms with Crippen molar-refractivity contribution in [2.45, 2.75) is 39.0 Å². The summed E-state index contributed by atoms with van der Waals surface area (Å²) >= 11 is 0. The van der Waals surface area contributed by atoms with Gasteiger partial charge in [0.25, 0.3) is 0 Å². The number of carbonyl (C=O) groups excluding carboxylic acids is 1. The maximum absolute atomic E-state index is 12.9. The van der Waals surface area contributed by atoms with E-state index >= 15 is 0 Å². The van der Waals surface area contributed by atoms with Gasteiger partial charge in [-0.1, -0.05) is 29.8 Å². The molecule has 1 aromatic heterocycles. The highest BCUT2D eigenvalue weighted by molar-refractivity contribution is 5.79. The van der Waals surface area contributed by atoms with Crippen molar-refractivity contribution in [2.75, 3.05) is 26.3 Å². The molecule has 1 aromatic carbocycles. The summed E-state index contributed by atoms with van der Waals surface area (Å²) < 4.78 is 5.42. The molecule has 2 aliphatic heterocycles. The van der Waals surface area contributed by atoms with Gasteiger partial charge in [0.15, 0.2) is 0 Å². The zero-order valence-electron chi connectivity index (χ0n) is 16.1. The molecule has 0 spiro atoms. The number of hydrogen-bond acceptors (Lipinski definition) is 4. The Hall–Kier alpha value is -2.27. The van der Waals surface area contributed by atoms with Crippen LogP contribution in [-0.4, -0.2) is 47.1 Å². The average molecular weight is 365 g/mol. The van der Waals surface area contributed by atoms with Crippen molar-refractivity contribution >= 4 is 5.91 Å². The predicted molar refractivity (Wildman–Crippen MR) is 104 cm³/mol. The molecule has 0 radical (unpaired) electrons. The van der Waals surface area contributed by atoms with Crippen molar-refractivity contribution in [3.8, 4) is 11.1 Å². The second-order valence-electron chi connectivity index (χ2n) is 7.77. The Balaban J connectivity index is 1.62. The van der Waals surface area contributed by atoms with Crippen molar-refractivity contribution in [1.82, 2.24) is 14.9 Å². The van der Waals surface area contributed by atoms with Crippen molar-refractivity contribution in [3.05, 3.63) is 47.5 Å². The molecule has 2 fully saturated rings. The Morgan fingerprint density at radius 3 is 2.93 bits per heavy atom. The third kappa shape index (κ3) is 3.88. The van der Waals surface area contributed by atoms with E-state index in [2.05, 4.69) is 36.2 Å². The fourth-order valence-corrected chi connectivity index (χ4v) is 4.22. The number of amides is 1. The second-order valence-corrected chi connectivity index (χ2v) is 7.77. The SMILES string of the molecule is Cc1cccc(-c2cnc(C)nc2[C@H]2CCCN(C(=O)[C@H]3CCOC3)C2)c1. The van der Waals surface area contributed by atoms with Gasteiger partial charge >= 0.3 is 0 Å². The number of ether oxygens (including phenoxy) is 1. The highest BCUT2D eigenvalue weighted by Gasteiger charge is 2.33. The van der Waals surface area contributed by atoms with E-state index in [9.17, 15) is 4.79 Å². The molecular weight excluding hydrogens is 338 g/mol. The quantitative estimate of drug-likeness (QED) is 0.835. The number of aryl methyl sites for hydroxylation is 2.